The Morgan fingerprint density at radius 2 is 2.27 bits per heavy atom. The highest BCUT2D eigenvalue weighted by atomic mass is 32.1. The zero-order valence-electron chi connectivity index (χ0n) is 12.2. The second-order valence-electron chi connectivity index (χ2n) is 5.70. The fraction of sp³-hybridized carbons (Fsp3) is 0.294. The van der Waals surface area contributed by atoms with Gasteiger partial charge in [0.25, 0.3) is 0 Å². The third-order valence-electron chi connectivity index (χ3n) is 4.37. The van der Waals surface area contributed by atoms with Crippen molar-refractivity contribution >= 4 is 28.1 Å². The van der Waals surface area contributed by atoms with E-state index in [1.54, 1.807) is 11.3 Å². The van der Waals surface area contributed by atoms with Gasteiger partial charge < -0.3 is 4.90 Å². The number of benzene rings is 1. The second kappa shape index (κ2) is 5.57. The Bertz CT molecular complexity index is 793. The largest absolute Gasteiger partial charge is 0.335 e. The van der Waals surface area contributed by atoms with Crippen LogP contribution in [0.25, 0.3) is 10.9 Å². The van der Waals surface area contributed by atoms with Gasteiger partial charge in [0.15, 0.2) is 0 Å². The summed E-state index contributed by atoms with van der Waals surface area (Å²) in [5.41, 5.74) is 3.10. The predicted octanol–water partition coefficient (Wildman–Crippen LogP) is 3.53. The number of aromatic amines is 1. The number of para-hydroxylation sites is 1. The number of nitrogens with one attached hydrogen (secondary N) is 1. The van der Waals surface area contributed by atoms with Crippen LogP contribution in [0.1, 0.15) is 30.1 Å². The standard InChI is InChI=1S/C17H17N3OS/c21-17(10-15-13-4-1-2-5-14(13)18-19-15)20-8-3-6-16(20)12-7-9-22-11-12/h1-2,4-5,7,9,11,16H,3,6,8,10H2,(H,18,19)/t16-/m0/s1. The summed E-state index contributed by atoms with van der Waals surface area (Å²) >= 11 is 1.69. The van der Waals surface area contributed by atoms with E-state index in [0.29, 0.717) is 6.42 Å². The van der Waals surface area contributed by atoms with E-state index < -0.39 is 0 Å². The van der Waals surface area contributed by atoms with Crippen molar-refractivity contribution in [1.82, 2.24) is 15.1 Å². The lowest BCUT2D eigenvalue weighted by molar-refractivity contribution is -0.131. The van der Waals surface area contributed by atoms with E-state index in [4.69, 9.17) is 0 Å². The van der Waals surface area contributed by atoms with Crippen LogP contribution in [0, 0.1) is 0 Å². The van der Waals surface area contributed by atoms with Crippen molar-refractivity contribution < 1.29 is 4.79 Å². The number of aromatic nitrogens is 2. The van der Waals surface area contributed by atoms with Gasteiger partial charge in [0.1, 0.15) is 0 Å². The molecule has 1 amide bonds. The lowest BCUT2D eigenvalue weighted by atomic mass is 10.1. The van der Waals surface area contributed by atoms with Crippen LogP contribution in [-0.4, -0.2) is 27.5 Å². The summed E-state index contributed by atoms with van der Waals surface area (Å²) in [6.07, 6.45) is 2.53. The fourth-order valence-electron chi connectivity index (χ4n) is 3.28. The van der Waals surface area contributed by atoms with Gasteiger partial charge in [0.2, 0.25) is 5.91 Å². The fourth-order valence-corrected chi connectivity index (χ4v) is 3.99. The second-order valence-corrected chi connectivity index (χ2v) is 6.48. The van der Waals surface area contributed by atoms with Gasteiger partial charge >= 0.3 is 0 Å². The lowest BCUT2D eigenvalue weighted by Crippen LogP contribution is -2.31. The van der Waals surface area contributed by atoms with Gasteiger partial charge in [-0.15, -0.1) is 0 Å². The molecule has 1 N–H and O–H groups in total. The molecule has 0 spiro atoms. The molecule has 0 unspecified atom stereocenters. The number of carbonyl (C=O) groups is 1. The average Bonchev–Trinajstić information content (AvgIpc) is 3.27. The van der Waals surface area contributed by atoms with E-state index in [1.165, 1.54) is 5.56 Å². The highest BCUT2D eigenvalue weighted by molar-refractivity contribution is 7.07. The summed E-state index contributed by atoms with van der Waals surface area (Å²) in [4.78, 5) is 14.8. The number of nitrogens with zero attached hydrogens (tertiary/aromatic N) is 2. The molecule has 0 saturated carbocycles. The van der Waals surface area contributed by atoms with Crippen LogP contribution in [0.2, 0.25) is 0 Å². The quantitative estimate of drug-likeness (QED) is 0.804. The molecule has 1 atom stereocenters. The van der Waals surface area contributed by atoms with Crippen molar-refractivity contribution in [2.75, 3.05) is 6.54 Å². The van der Waals surface area contributed by atoms with Crippen LogP contribution in [0.3, 0.4) is 0 Å². The Labute approximate surface area is 132 Å². The van der Waals surface area contributed by atoms with E-state index in [-0.39, 0.29) is 11.9 Å². The van der Waals surface area contributed by atoms with Crippen molar-refractivity contribution in [2.24, 2.45) is 0 Å². The summed E-state index contributed by atoms with van der Waals surface area (Å²) < 4.78 is 0. The van der Waals surface area contributed by atoms with Crippen molar-refractivity contribution in [3.63, 3.8) is 0 Å². The zero-order chi connectivity index (χ0) is 14.9. The molecule has 1 aliphatic heterocycles. The molecule has 2 aromatic heterocycles. The number of thiophene rings is 1. The number of fused-ring (bicyclic) bond motifs is 1. The molecular formula is C17H17N3OS. The number of H-pyrrole nitrogens is 1. The summed E-state index contributed by atoms with van der Waals surface area (Å²) in [5.74, 6) is 0.183. The molecule has 0 bridgehead atoms. The molecule has 0 aliphatic carbocycles. The van der Waals surface area contributed by atoms with E-state index >= 15 is 0 Å². The Kier molecular flexibility index (Phi) is 3.42. The zero-order valence-corrected chi connectivity index (χ0v) is 13.0. The minimum absolute atomic E-state index is 0.183. The Balaban J connectivity index is 1.57. The third-order valence-corrected chi connectivity index (χ3v) is 5.07. The summed E-state index contributed by atoms with van der Waals surface area (Å²) in [6.45, 7) is 0.853. The minimum Gasteiger partial charge on any atom is -0.335 e. The summed E-state index contributed by atoms with van der Waals surface area (Å²) in [7, 11) is 0. The molecule has 22 heavy (non-hydrogen) atoms. The van der Waals surface area contributed by atoms with Gasteiger partial charge in [-0.1, -0.05) is 18.2 Å². The minimum atomic E-state index is 0.183. The van der Waals surface area contributed by atoms with Crippen molar-refractivity contribution in [3.05, 3.63) is 52.3 Å². The maximum Gasteiger partial charge on any atom is 0.229 e. The maximum atomic E-state index is 12.7. The first-order valence-corrected chi connectivity index (χ1v) is 8.51. The van der Waals surface area contributed by atoms with Crippen LogP contribution in [-0.2, 0) is 11.2 Å². The molecule has 3 heterocycles. The van der Waals surface area contributed by atoms with Gasteiger partial charge in [-0.2, -0.15) is 16.4 Å². The van der Waals surface area contributed by atoms with E-state index in [9.17, 15) is 4.79 Å². The first-order chi connectivity index (χ1) is 10.8. The van der Waals surface area contributed by atoms with Crippen molar-refractivity contribution in [2.45, 2.75) is 25.3 Å². The van der Waals surface area contributed by atoms with Gasteiger partial charge in [-0.25, -0.2) is 0 Å². The first-order valence-electron chi connectivity index (χ1n) is 7.56. The van der Waals surface area contributed by atoms with Gasteiger partial charge in [0, 0.05) is 11.9 Å². The summed E-state index contributed by atoms with van der Waals surface area (Å²) in [5, 5.41) is 12.6. The van der Waals surface area contributed by atoms with E-state index in [2.05, 4.69) is 27.0 Å². The number of likely N-dealkylation sites (tertiary alicyclic amines) is 1. The Morgan fingerprint density at radius 1 is 1.36 bits per heavy atom. The monoisotopic (exact) mass is 311 g/mol. The van der Waals surface area contributed by atoms with E-state index in [1.807, 2.05) is 29.2 Å². The first kappa shape index (κ1) is 13.5. The third kappa shape index (κ3) is 2.31. The van der Waals surface area contributed by atoms with Crippen LogP contribution in [0.15, 0.2) is 41.1 Å². The molecule has 4 rings (SSSR count). The van der Waals surface area contributed by atoms with E-state index in [0.717, 1.165) is 36.0 Å². The van der Waals surface area contributed by atoms with Gasteiger partial charge in [-0.3, -0.25) is 9.89 Å². The number of hydrogen-bond acceptors (Lipinski definition) is 3. The Hall–Kier alpha value is -2.14. The predicted molar refractivity (Wildman–Crippen MR) is 87.8 cm³/mol. The van der Waals surface area contributed by atoms with Crippen LogP contribution in [0.5, 0.6) is 0 Å². The highest BCUT2D eigenvalue weighted by Gasteiger charge is 2.30. The maximum absolute atomic E-state index is 12.7. The number of amides is 1. The van der Waals surface area contributed by atoms with Crippen LogP contribution in [0.4, 0.5) is 0 Å². The van der Waals surface area contributed by atoms with Crippen molar-refractivity contribution in [1.29, 1.82) is 0 Å². The number of hydrogen-bond donors (Lipinski definition) is 1. The van der Waals surface area contributed by atoms with Gasteiger partial charge in [0.05, 0.1) is 23.7 Å². The molecule has 4 nitrogen and oxygen atoms in total. The molecular weight excluding hydrogens is 294 g/mol. The van der Waals surface area contributed by atoms with Crippen LogP contribution < -0.4 is 0 Å². The van der Waals surface area contributed by atoms with Crippen LogP contribution >= 0.6 is 11.3 Å². The molecule has 1 saturated heterocycles. The van der Waals surface area contributed by atoms with Crippen molar-refractivity contribution in [3.8, 4) is 0 Å². The van der Waals surface area contributed by atoms with Gasteiger partial charge in [-0.05, 0) is 41.3 Å². The highest BCUT2D eigenvalue weighted by Crippen LogP contribution is 2.33. The number of rotatable bonds is 3. The topological polar surface area (TPSA) is 49.0 Å². The summed E-state index contributed by atoms with van der Waals surface area (Å²) in [6, 6.07) is 10.3. The molecule has 5 heteroatoms. The molecule has 1 fully saturated rings. The average molecular weight is 311 g/mol. The molecule has 112 valence electrons. The normalized spacial score (nSPS) is 18.2. The molecule has 1 aliphatic rings. The lowest BCUT2D eigenvalue weighted by Gasteiger charge is -2.24. The Morgan fingerprint density at radius 3 is 3.14 bits per heavy atom. The number of carbonyl (C=O) groups excluding carboxylic acids is 1. The molecule has 0 radical (unpaired) electrons. The smallest absolute Gasteiger partial charge is 0.229 e. The SMILES string of the molecule is O=C(Cc1[nH]nc2ccccc12)N1CCC[C@H]1c1ccsc1. The molecule has 3 aromatic rings. The molecule has 1 aromatic carbocycles.